The van der Waals surface area contributed by atoms with E-state index in [1.54, 1.807) is 11.8 Å². The molecule has 25 heavy (non-hydrogen) atoms. The Morgan fingerprint density at radius 3 is 2.64 bits per heavy atom. The summed E-state index contributed by atoms with van der Waals surface area (Å²) in [7, 11) is 0. The number of hydrogen-bond acceptors (Lipinski definition) is 4. The molecule has 0 spiro atoms. The van der Waals surface area contributed by atoms with Crippen molar-refractivity contribution >= 4 is 11.9 Å². The van der Waals surface area contributed by atoms with Gasteiger partial charge in [0, 0.05) is 37.7 Å². The molecule has 132 valence electrons. The second kappa shape index (κ2) is 7.83. The summed E-state index contributed by atoms with van der Waals surface area (Å²) in [6.45, 7) is 3.21. The van der Waals surface area contributed by atoms with Crippen LogP contribution in [0.5, 0.6) is 0 Å². The lowest BCUT2D eigenvalue weighted by Crippen LogP contribution is -2.48. The fourth-order valence-corrected chi connectivity index (χ4v) is 2.88. The zero-order valence-electron chi connectivity index (χ0n) is 14.2. The van der Waals surface area contributed by atoms with E-state index in [9.17, 15) is 9.59 Å². The predicted octanol–water partition coefficient (Wildman–Crippen LogP) is 2.15. The SMILES string of the molecule is CC(=O)N1CCC(NC(=O)NCc2cc(-c3ccccc3)no2)CC1. The average Bonchev–Trinajstić information content (AvgIpc) is 3.10. The molecular weight excluding hydrogens is 320 g/mol. The molecule has 2 aromatic rings. The molecule has 0 saturated carbocycles. The van der Waals surface area contributed by atoms with Gasteiger partial charge in [0.05, 0.1) is 6.54 Å². The van der Waals surface area contributed by atoms with Crippen molar-refractivity contribution < 1.29 is 14.1 Å². The molecule has 3 amide bonds. The first-order valence-electron chi connectivity index (χ1n) is 8.42. The van der Waals surface area contributed by atoms with Crippen LogP contribution < -0.4 is 10.6 Å². The van der Waals surface area contributed by atoms with E-state index in [0.29, 0.717) is 18.8 Å². The number of hydrogen-bond donors (Lipinski definition) is 2. The Morgan fingerprint density at radius 1 is 1.24 bits per heavy atom. The Bertz CT molecular complexity index is 721. The van der Waals surface area contributed by atoms with Gasteiger partial charge in [-0.25, -0.2) is 4.79 Å². The highest BCUT2D eigenvalue weighted by atomic mass is 16.5. The molecule has 1 aromatic heterocycles. The third kappa shape index (κ3) is 4.59. The van der Waals surface area contributed by atoms with Gasteiger partial charge >= 0.3 is 6.03 Å². The molecule has 1 fully saturated rings. The van der Waals surface area contributed by atoms with E-state index in [2.05, 4.69) is 15.8 Å². The van der Waals surface area contributed by atoms with Gasteiger partial charge in [0.25, 0.3) is 0 Å². The van der Waals surface area contributed by atoms with E-state index in [1.165, 1.54) is 0 Å². The number of piperidine rings is 1. The summed E-state index contributed by atoms with van der Waals surface area (Å²) in [5.74, 6) is 0.683. The van der Waals surface area contributed by atoms with Crippen LogP contribution in [0.2, 0.25) is 0 Å². The minimum Gasteiger partial charge on any atom is -0.359 e. The number of nitrogens with one attached hydrogen (secondary N) is 2. The van der Waals surface area contributed by atoms with E-state index in [-0.39, 0.29) is 24.5 Å². The van der Waals surface area contributed by atoms with Crippen LogP contribution in [-0.4, -0.2) is 41.1 Å². The van der Waals surface area contributed by atoms with E-state index in [1.807, 2.05) is 36.4 Å². The third-order valence-corrected chi connectivity index (χ3v) is 4.33. The molecule has 7 heteroatoms. The molecule has 2 heterocycles. The maximum atomic E-state index is 12.0. The smallest absolute Gasteiger partial charge is 0.315 e. The van der Waals surface area contributed by atoms with Gasteiger partial charge in [-0.3, -0.25) is 4.79 Å². The number of aromatic nitrogens is 1. The Balaban J connectivity index is 1.44. The molecule has 1 saturated heterocycles. The van der Waals surface area contributed by atoms with Gasteiger partial charge in [-0.1, -0.05) is 35.5 Å². The first-order valence-corrected chi connectivity index (χ1v) is 8.42. The zero-order chi connectivity index (χ0) is 17.6. The fourth-order valence-electron chi connectivity index (χ4n) is 2.88. The molecule has 7 nitrogen and oxygen atoms in total. The lowest BCUT2D eigenvalue weighted by molar-refractivity contribution is -0.129. The number of likely N-dealkylation sites (tertiary alicyclic amines) is 1. The maximum Gasteiger partial charge on any atom is 0.315 e. The van der Waals surface area contributed by atoms with E-state index < -0.39 is 0 Å². The number of nitrogens with zero attached hydrogens (tertiary/aromatic N) is 2. The molecule has 0 aliphatic carbocycles. The van der Waals surface area contributed by atoms with Gasteiger partial charge in [0.2, 0.25) is 5.91 Å². The molecule has 3 rings (SSSR count). The van der Waals surface area contributed by atoms with Gasteiger partial charge in [-0.15, -0.1) is 0 Å². The number of rotatable bonds is 4. The lowest BCUT2D eigenvalue weighted by Gasteiger charge is -2.31. The van der Waals surface area contributed by atoms with Gasteiger partial charge in [0.15, 0.2) is 5.76 Å². The Hall–Kier alpha value is -2.83. The van der Waals surface area contributed by atoms with Crippen molar-refractivity contribution in [2.45, 2.75) is 32.4 Å². The van der Waals surface area contributed by atoms with Crippen LogP contribution in [0.4, 0.5) is 4.79 Å². The maximum absolute atomic E-state index is 12.0. The monoisotopic (exact) mass is 342 g/mol. The first-order chi connectivity index (χ1) is 12.1. The van der Waals surface area contributed by atoms with Crippen molar-refractivity contribution in [3.05, 3.63) is 42.2 Å². The quantitative estimate of drug-likeness (QED) is 0.891. The summed E-state index contributed by atoms with van der Waals surface area (Å²) < 4.78 is 5.26. The average molecular weight is 342 g/mol. The molecule has 2 N–H and O–H groups in total. The molecule has 0 atom stereocenters. The van der Waals surface area contributed by atoms with Crippen LogP contribution in [-0.2, 0) is 11.3 Å². The number of benzene rings is 1. The van der Waals surface area contributed by atoms with Crippen LogP contribution in [0.25, 0.3) is 11.3 Å². The minimum absolute atomic E-state index is 0.0856. The van der Waals surface area contributed by atoms with E-state index in [0.717, 1.165) is 24.1 Å². The largest absolute Gasteiger partial charge is 0.359 e. The third-order valence-electron chi connectivity index (χ3n) is 4.33. The molecule has 1 aromatic carbocycles. The Labute approximate surface area is 146 Å². The highest BCUT2D eigenvalue weighted by molar-refractivity contribution is 5.75. The summed E-state index contributed by atoms with van der Waals surface area (Å²) in [6, 6.07) is 11.4. The van der Waals surface area contributed by atoms with Crippen molar-refractivity contribution in [1.82, 2.24) is 20.7 Å². The standard InChI is InChI=1S/C18H22N4O3/c1-13(23)22-9-7-15(8-10-22)20-18(24)19-12-16-11-17(21-25-16)14-5-3-2-4-6-14/h2-6,11,15H,7-10,12H2,1H3,(H2,19,20,24). The molecule has 1 aliphatic heterocycles. The van der Waals surface area contributed by atoms with Crippen LogP contribution in [0.15, 0.2) is 40.9 Å². The molecule has 0 radical (unpaired) electrons. The number of carbonyl (C=O) groups is 2. The molecule has 1 aliphatic rings. The van der Waals surface area contributed by atoms with Gasteiger partial charge in [0.1, 0.15) is 5.69 Å². The molecule has 0 bridgehead atoms. The van der Waals surface area contributed by atoms with Crippen molar-refractivity contribution in [1.29, 1.82) is 0 Å². The molecular formula is C18H22N4O3. The summed E-state index contributed by atoms with van der Waals surface area (Å²) >= 11 is 0. The number of carbonyl (C=O) groups excluding carboxylic acids is 2. The molecule has 0 unspecified atom stereocenters. The first kappa shape index (κ1) is 17.0. The summed E-state index contributed by atoms with van der Waals surface area (Å²) in [5, 5.41) is 9.74. The summed E-state index contributed by atoms with van der Waals surface area (Å²) in [5.41, 5.74) is 1.72. The Kier molecular flexibility index (Phi) is 5.33. The fraction of sp³-hybridized carbons (Fsp3) is 0.389. The summed E-state index contributed by atoms with van der Waals surface area (Å²) in [4.78, 5) is 25.1. The minimum atomic E-state index is -0.237. The highest BCUT2D eigenvalue weighted by Gasteiger charge is 2.21. The zero-order valence-corrected chi connectivity index (χ0v) is 14.2. The van der Waals surface area contributed by atoms with Crippen LogP contribution >= 0.6 is 0 Å². The van der Waals surface area contributed by atoms with Crippen LogP contribution in [0, 0.1) is 0 Å². The Morgan fingerprint density at radius 2 is 1.96 bits per heavy atom. The number of amides is 3. The van der Waals surface area contributed by atoms with Crippen molar-refractivity contribution in [2.24, 2.45) is 0 Å². The second-order valence-corrected chi connectivity index (χ2v) is 6.15. The van der Waals surface area contributed by atoms with Crippen LogP contribution in [0.1, 0.15) is 25.5 Å². The summed E-state index contributed by atoms with van der Waals surface area (Å²) in [6.07, 6.45) is 1.54. The van der Waals surface area contributed by atoms with Gasteiger partial charge in [-0.2, -0.15) is 0 Å². The lowest BCUT2D eigenvalue weighted by atomic mass is 10.1. The normalized spacial score (nSPS) is 15.0. The topological polar surface area (TPSA) is 87.5 Å². The number of urea groups is 1. The van der Waals surface area contributed by atoms with E-state index >= 15 is 0 Å². The van der Waals surface area contributed by atoms with Gasteiger partial charge in [-0.05, 0) is 12.8 Å². The van der Waals surface area contributed by atoms with E-state index in [4.69, 9.17) is 4.52 Å². The highest BCUT2D eigenvalue weighted by Crippen LogP contribution is 2.18. The van der Waals surface area contributed by atoms with Crippen LogP contribution in [0.3, 0.4) is 0 Å². The van der Waals surface area contributed by atoms with Crippen molar-refractivity contribution in [3.63, 3.8) is 0 Å². The second-order valence-electron chi connectivity index (χ2n) is 6.15. The van der Waals surface area contributed by atoms with Gasteiger partial charge < -0.3 is 20.1 Å². The van der Waals surface area contributed by atoms with Crippen molar-refractivity contribution in [3.8, 4) is 11.3 Å². The predicted molar refractivity (Wildman–Crippen MR) is 92.6 cm³/mol. The van der Waals surface area contributed by atoms with Crippen molar-refractivity contribution in [2.75, 3.05) is 13.1 Å².